The van der Waals surface area contributed by atoms with Crippen LogP contribution >= 0.6 is 0 Å². The lowest BCUT2D eigenvalue weighted by atomic mass is 9.88. The van der Waals surface area contributed by atoms with Gasteiger partial charge in [0.2, 0.25) is 0 Å². The fourth-order valence-corrected chi connectivity index (χ4v) is 2.60. The lowest BCUT2D eigenvalue weighted by Crippen LogP contribution is -2.37. The maximum absolute atomic E-state index is 10.0. The topological polar surface area (TPSA) is 55.5 Å². The summed E-state index contributed by atoms with van der Waals surface area (Å²) in [6.45, 7) is 5.40. The fraction of sp³-hybridized carbons (Fsp3) is 1.00. The second kappa shape index (κ2) is 7.34. The zero-order chi connectivity index (χ0) is 12.7. The molecule has 0 aliphatic heterocycles. The molecule has 3 atom stereocenters. The summed E-state index contributed by atoms with van der Waals surface area (Å²) in [5, 5.41) is 10.0. The number of hydrogen-bond acceptors (Lipinski definition) is 3. The molecule has 0 radical (unpaired) electrons. The van der Waals surface area contributed by atoms with Gasteiger partial charge in [-0.15, -0.1) is 0 Å². The first-order chi connectivity index (χ1) is 8.09. The Balaban J connectivity index is 2.11. The van der Waals surface area contributed by atoms with E-state index in [2.05, 4.69) is 6.92 Å². The van der Waals surface area contributed by atoms with Crippen molar-refractivity contribution in [2.75, 3.05) is 13.2 Å². The van der Waals surface area contributed by atoms with Crippen LogP contribution in [0.5, 0.6) is 0 Å². The summed E-state index contributed by atoms with van der Waals surface area (Å²) in [6.07, 6.45) is 7.90. The SMILES string of the molecule is CCC(O)(CN)CCCOC1CCCC(C)C1. The van der Waals surface area contributed by atoms with E-state index in [4.69, 9.17) is 10.5 Å². The number of aliphatic hydroxyl groups is 1. The summed E-state index contributed by atoms with van der Waals surface area (Å²) in [7, 11) is 0. The molecule has 0 aromatic carbocycles. The summed E-state index contributed by atoms with van der Waals surface area (Å²) in [5.41, 5.74) is 4.89. The highest BCUT2D eigenvalue weighted by Gasteiger charge is 2.23. The van der Waals surface area contributed by atoms with Crippen molar-refractivity contribution in [3.8, 4) is 0 Å². The Morgan fingerprint density at radius 2 is 2.18 bits per heavy atom. The fourth-order valence-electron chi connectivity index (χ4n) is 2.60. The van der Waals surface area contributed by atoms with Gasteiger partial charge in [0.15, 0.2) is 0 Å². The van der Waals surface area contributed by atoms with Crippen molar-refractivity contribution in [3.05, 3.63) is 0 Å². The van der Waals surface area contributed by atoms with Crippen molar-refractivity contribution in [1.82, 2.24) is 0 Å². The molecular formula is C14H29NO2. The predicted molar refractivity (Wildman–Crippen MR) is 70.9 cm³/mol. The van der Waals surface area contributed by atoms with Crippen LogP contribution in [0.15, 0.2) is 0 Å². The molecule has 3 unspecified atom stereocenters. The molecule has 1 aliphatic carbocycles. The third-order valence-electron chi connectivity index (χ3n) is 4.07. The van der Waals surface area contributed by atoms with Gasteiger partial charge in [0, 0.05) is 13.2 Å². The van der Waals surface area contributed by atoms with Crippen molar-refractivity contribution >= 4 is 0 Å². The smallest absolute Gasteiger partial charge is 0.0767 e. The quantitative estimate of drug-likeness (QED) is 0.675. The van der Waals surface area contributed by atoms with Gasteiger partial charge in [-0.05, 0) is 38.0 Å². The molecule has 3 nitrogen and oxygen atoms in total. The predicted octanol–water partition coefficient (Wildman–Crippen LogP) is 2.46. The monoisotopic (exact) mass is 243 g/mol. The van der Waals surface area contributed by atoms with Gasteiger partial charge < -0.3 is 15.6 Å². The number of hydrogen-bond donors (Lipinski definition) is 2. The molecule has 0 spiro atoms. The zero-order valence-corrected chi connectivity index (χ0v) is 11.5. The third kappa shape index (κ3) is 5.36. The number of rotatable bonds is 7. The summed E-state index contributed by atoms with van der Waals surface area (Å²) in [5.74, 6) is 0.811. The molecule has 0 aromatic rings. The summed E-state index contributed by atoms with van der Waals surface area (Å²) >= 11 is 0. The Morgan fingerprint density at radius 1 is 1.41 bits per heavy atom. The second-order valence-electron chi connectivity index (χ2n) is 5.65. The molecule has 0 heterocycles. The summed E-state index contributed by atoms with van der Waals surface area (Å²) in [6, 6.07) is 0. The van der Waals surface area contributed by atoms with E-state index in [-0.39, 0.29) is 0 Å². The van der Waals surface area contributed by atoms with Crippen LogP contribution in [0.1, 0.15) is 58.8 Å². The van der Waals surface area contributed by atoms with Crippen LogP contribution in [-0.2, 0) is 4.74 Å². The van der Waals surface area contributed by atoms with Crippen molar-refractivity contribution in [1.29, 1.82) is 0 Å². The van der Waals surface area contributed by atoms with E-state index < -0.39 is 5.60 Å². The average Bonchev–Trinajstić information content (AvgIpc) is 2.34. The molecular weight excluding hydrogens is 214 g/mol. The largest absolute Gasteiger partial charge is 0.389 e. The molecule has 0 bridgehead atoms. The van der Waals surface area contributed by atoms with Crippen LogP contribution in [-0.4, -0.2) is 30.0 Å². The van der Waals surface area contributed by atoms with E-state index in [1.165, 1.54) is 25.7 Å². The second-order valence-corrected chi connectivity index (χ2v) is 5.65. The molecule has 0 aromatic heterocycles. The van der Waals surface area contributed by atoms with Gasteiger partial charge in [-0.25, -0.2) is 0 Å². The molecule has 3 N–H and O–H groups in total. The molecule has 102 valence electrons. The highest BCUT2D eigenvalue weighted by molar-refractivity contribution is 4.77. The van der Waals surface area contributed by atoms with Crippen LogP contribution < -0.4 is 5.73 Å². The molecule has 1 rings (SSSR count). The van der Waals surface area contributed by atoms with Gasteiger partial charge in [-0.2, -0.15) is 0 Å². The van der Waals surface area contributed by atoms with Crippen molar-refractivity contribution < 1.29 is 9.84 Å². The van der Waals surface area contributed by atoms with Crippen LogP contribution in [0.2, 0.25) is 0 Å². The molecule has 0 saturated heterocycles. The van der Waals surface area contributed by atoms with E-state index in [0.29, 0.717) is 12.6 Å². The molecule has 17 heavy (non-hydrogen) atoms. The Hall–Kier alpha value is -0.120. The first kappa shape index (κ1) is 14.9. The number of ether oxygens (including phenoxy) is 1. The first-order valence-corrected chi connectivity index (χ1v) is 7.13. The standard InChI is InChI=1S/C14H29NO2/c1-3-14(16,11-15)8-5-9-17-13-7-4-6-12(2)10-13/h12-13,16H,3-11,15H2,1-2H3. The minimum Gasteiger partial charge on any atom is -0.389 e. The van der Waals surface area contributed by atoms with Gasteiger partial charge in [0.1, 0.15) is 0 Å². The highest BCUT2D eigenvalue weighted by Crippen LogP contribution is 2.26. The van der Waals surface area contributed by atoms with Crippen molar-refractivity contribution in [2.45, 2.75) is 70.5 Å². The lowest BCUT2D eigenvalue weighted by molar-refractivity contribution is -0.00732. The van der Waals surface area contributed by atoms with Crippen molar-refractivity contribution in [3.63, 3.8) is 0 Å². The van der Waals surface area contributed by atoms with Crippen LogP contribution in [0.25, 0.3) is 0 Å². The molecule has 1 aliphatic rings. The minimum atomic E-state index is -0.677. The van der Waals surface area contributed by atoms with Crippen LogP contribution in [0.4, 0.5) is 0 Å². The number of nitrogens with two attached hydrogens (primary N) is 1. The van der Waals surface area contributed by atoms with E-state index >= 15 is 0 Å². The zero-order valence-electron chi connectivity index (χ0n) is 11.5. The normalized spacial score (nSPS) is 28.9. The lowest BCUT2D eigenvalue weighted by Gasteiger charge is -2.28. The van der Waals surface area contributed by atoms with Gasteiger partial charge in [-0.1, -0.05) is 26.7 Å². The van der Waals surface area contributed by atoms with Crippen LogP contribution in [0.3, 0.4) is 0 Å². The van der Waals surface area contributed by atoms with Gasteiger partial charge in [-0.3, -0.25) is 0 Å². The average molecular weight is 243 g/mol. The van der Waals surface area contributed by atoms with E-state index in [9.17, 15) is 5.11 Å². The highest BCUT2D eigenvalue weighted by atomic mass is 16.5. The van der Waals surface area contributed by atoms with Crippen molar-refractivity contribution in [2.24, 2.45) is 11.7 Å². The minimum absolute atomic E-state index is 0.351. The molecule has 3 heteroatoms. The summed E-state index contributed by atoms with van der Waals surface area (Å²) < 4.78 is 5.89. The Labute approximate surface area is 106 Å². The molecule has 0 amide bonds. The Kier molecular flexibility index (Phi) is 6.45. The Bertz CT molecular complexity index is 204. The molecule has 1 saturated carbocycles. The summed E-state index contributed by atoms with van der Waals surface area (Å²) in [4.78, 5) is 0. The van der Waals surface area contributed by atoms with Crippen LogP contribution in [0, 0.1) is 5.92 Å². The third-order valence-corrected chi connectivity index (χ3v) is 4.07. The van der Waals surface area contributed by atoms with E-state index in [1.54, 1.807) is 0 Å². The maximum Gasteiger partial charge on any atom is 0.0767 e. The Morgan fingerprint density at radius 3 is 2.76 bits per heavy atom. The van der Waals surface area contributed by atoms with E-state index in [1.807, 2.05) is 6.92 Å². The first-order valence-electron chi connectivity index (χ1n) is 7.13. The maximum atomic E-state index is 10.0. The van der Waals surface area contributed by atoms with Gasteiger partial charge in [0.25, 0.3) is 0 Å². The van der Waals surface area contributed by atoms with Gasteiger partial charge in [0.05, 0.1) is 11.7 Å². The van der Waals surface area contributed by atoms with E-state index in [0.717, 1.165) is 31.8 Å². The molecule has 1 fully saturated rings. The van der Waals surface area contributed by atoms with Gasteiger partial charge >= 0.3 is 0 Å².